The third kappa shape index (κ3) is 3.32. The van der Waals surface area contributed by atoms with Crippen LogP contribution < -0.4 is 5.32 Å². The van der Waals surface area contributed by atoms with Crippen molar-refractivity contribution in [1.82, 2.24) is 10.2 Å². The number of carbonyl (C=O) groups excluding carboxylic acids is 1. The van der Waals surface area contributed by atoms with Gasteiger partial charge in [0.05, 0.1) is 6.61 Å². The molecule has 4 heteroatoms. The molecular weight excluding hydrogens is 168 g/mol. The molecule has 1 atom stereocenters. The van der Waals surface area contributed by atoms with Gasteiger partial charge in [-0.05, 0) is 19.4 Å². The second-order valence-corrected chi connectivity index (χ2v) is 3.50. The Morgan fingerprint density at radius 2 is 2.46 bits per heavy atom. The van der Waals surface area contributed by atoms with Gasteiger partial charge in [0.2, 0.25) is 5.91 Å². The molecule has 1 aliphatic heterocycles. The smallest absolute Gasteiger partial charge is 0.216 e. The highest BCUT2D eigenvalue weighted by atomic mass is 16.3. The van der Waals surface area contributed by atoms with Crippen molar-refractivity contribution in [3.63, 3.8) is 0 Å². The predicted molar refractivity (Wildman–Crippen MR) is 50.4 cm³/mol. The largest absolute Gasteiger partial charge is 0.395 e. The molecule has 1 rings (SSSR count). The van der Waals surface area contributed by atoms with Crippen LogP contribution >= 0.6 is 0 Å². The fourth-order valence-corrected chi connectivity index (χ4v) is 1.77. The molecule has 0 saturated carbocycles. The molecule has 0 unspecified atom stereocenters. The molecule has 1 saturated heterocycles. The van der Waals surface area contributed by atoms with Crippen LogP contribution in [0.5, 0.6) is 0 Å². The van der Waals surface area contributed by atoms with E-state index in [1.807, 2.05) is 0 Å². The topological polar surface area (TPSA) is 52.6 Å². The SMILES string of the molecule is CC(=O)NCCN1CCC[C@H]1CO. The number of nitrogens with zero attached hydrogens (tertiary/aromatic N) is 1. The van der Waals surface area contributed by atoms with E-state index in [-0.39, 0.29) is 12.5 Å². The van der Waals surface area contributed by atoms with Crippen molar-refractivity contribution in [3.8, 4) is 0 Å². The lowest BCUT2D eigenvalue weighted by Gasteiger charge is -2.22. The Labute approximate surface area is 78.9 Å². The summed E-state index contributed by atoms with van der Waals surface area (Å²) in [5, 5.41) is 11.8. The van der Waals surface area contributed by atoms with Crippen molar-refractivity contribution >= 4 is 5.91 Å². The van der Waals surface area contributed by atoms with Crippen LogP contribution in [0.15, 0.2) is 0 Å². The molecule has 1 fully saturated rings. The summed E-state index contributed by atoms with van der Waals surface area (Å²) in [6, 6.07) is 0.314. The Balaban J connectivity index is 2.16. The first-order chi connectivity index (χ1) is 6.24. The predicted octanol–water partition coefficient (Wildman–Crippen LogP) is -0.421. The lowest BCUT2D eigenvalue weighted by Crippen LogP contribution is -2.38. The number of hydrogen-bond donors (Lipinski definition) is 2. The van der Waals surface area contributed by atoms with Gasteiger partial charge in [-0.2, -0.15) is 0 Å². The Morgan fingerprint density at radius 3 is 3.08 bits per heavy atom. The zero-order valence-corrected chi connectivity index (χ0v) is 8.12. The van der Waals surface area contributed by atoms with E-state index in [0.717, 1.165) is 25.9 Å². The number of nitrogens with one attached hydrogen (secondary N) is 1. The minimum atomic E-state index is 0.0137. The number of hydrogen-bond acceptors (Lipinski definition) is 3. The van der Waals surface area contributed by atoms with Crippen molar-refractivity contribution in [1.29, 1.82) is 0 Å². The van der Waals surface area contributed by atoms with E-state index in [9.17, 15) is 4.79 Å². The van der Waals surface area contributed by atoms with E-state index in [4.69, 9.17) is 5.11 Å². The minimum absolute atomic E-state index is 0.0137. The molecule has 0 aromatic heterocycles. The standard InChI is InChI=1S/C9H18N2O2/c1-8(13)10-4-6-11-5-2-3-9(11)7-12/h9,12H,2-7H2,1H3,(H,10,13)/t9-/m0/s1. The van der Waals surface area contributed by atoms with E-state index in [1.54, 1.807) is 0 Å². The maximum atomic E-state index is 10.6. The normalized spacial score (nSPS) is 23.4. The van der Waals surface area contributed by atoms with Gasteiger partial charge in [-0.25, -0.2) is 0 Å². The molecule has 1 amide bonds. The Hall–Kier alpha value is -0.610. The van der Waals surface area contributed by atoms with E-state index in [0.29, 0.717) is 12.6 Å². The molecule has 2 N–H and O–H groups in total. The highest BCUT2D eigenvalue weighted by Gasteiger charge is 2.22. The third-order valence-electron chi connectivity index (χ3n) is 2.48. The van der Waals surface area contributed by atoms with Gasteiger partial charge >= 0.3 is 0 Å². The van der Waals surface area contributed by atoms with E-state index >= 15 is 0 Å². The van der Waals surface area contributed by atoms with Gasteiger partial charge in [-0.3, -0.25) is 9.69 Å². The Morgan fingerprint density at radius 1 is 1.69 bits per heavy atom. The summed E-state index contributed by atoms with van der Waals surface area (Å²) in [6.45, 7) is 4.34. The van der Waals surface area contributed by atoms with Crippen molar-refractivity contribution in [3.05, 3.63) is 0 Å². The molecule has 0 aromatic rings. The number of amides is 1. The van der Waals surface area contributed by atoms with Gasteiger partial charge in [0.25, 0.3) is 0 Å². The van der Waals surface area contributed by atoms with Crippen molar-refractivity contribution in [2.24, 2.45) is 0 Å². The summed E-state index contributed by atoms with van der Waals surface area (Å²) in [5.74, 6) is 0.0137. The molecule has 4 nitrogen and oxygen atoms in total. The maximum absolute atomic E-state index is 10.6. The van der Waals surface area contributed by atoms with Gasteiger partial charge in [-0.1, -0.05) is 0 Å². The van der Waals surface area contributed by atoms with Crippen LogP contribution in [0.2, 0.25) is 0 Å². The van der Waals surface area contributed by atoms with Crippen LogP contribution in [0.4, 0.5) is 0 Å². The lowest BCUT2D eigenvalue weighted by atomic mass is 10.2. The first kappa shape index (κ1) is 10.5. The molecule has 13 heavy (non-hydrogen) atoms. The molecule has 76 valence electrons. The number of aliphatic hydroxyl groups excluding tert-OH is 1. The molecule has 1 heterocycles. The maximum Gasteiger partial charge on any atom is 0.216 e. The van der Waals surface area contributed by atoms with Crippen LogP contribution in [0.25, 0.3) is 0 Å². The first-order valence-electron chi connectivity index (χ1n) is 4.83. The number of aliphatic hydroxyl groups is 1. The number of carbonyl (C=O) groups is 1. The quantitative estimate of drug-likeness (QED) is 0.627. The summed E-state index contributed by atoms with van der Waals surface area (Å²) >= 11 is 0. The summed E-state index contributed by atoms with van der Waals surface area (Å²) < 4.78 is 0. The van der Waals surface area contributed by atoms with E-state index in [2.05, 4.69) is 10.2 Å². The molecular formula is C9H18N2O2. The third-order valence-corrected chi connectivity index (χ3v) is 2.48. The van der Waals surface area contributed by atoms with Crippen LogP contribution in [0, 0.1) is 0 Å². The zero-order chi connectivity index (χ0) is 9.68. The fraction of sp³-hybridized carbons (Fsp3) is 0.889. The first-order valence-corrected chi connectivity index (χ1v) is 4.83. The monoisotopic (exact) mass is 186 g/mol. The lowest BCUT2D eigenvalue weighted by molar-refractivity contribution is -0.119. The van der Waals surface area contributed by atoms with Gasteiger partial charge in [0.15, 0.2) is 0 Å². The van der Waals surface area contributed by atoms with Crippen molar-refractivity contribution in [2.45, 2.75) is 25.8 Å². The molecule has 0 radical (unpaired) electrons. The second kappa shape index (κ2) is 5.19. The highest BCUT2D eigenvalue weighted by molar-refractivity contribution is 5.72. The van der Waals surface area contributed by atoms with Gasteiger partial charge < -0.3 is 10.4 Å². The molecule has 0 spiro atoms. The van der Waals surface area contributed by atoms with E-state index in [1.165, 1.54) is 6.92 Å². The summed E-state index contributed by atoms with van der Waals surface area (Å²) in [6.07, 6.45) is 2.24. The average molecular weight is 186 g/mol. The summed E-state index contributed by atoms with van der Waals surface area (Å²) in [5.41, 5.74) is 0. The summed E-state index contributed by atoms with van der Waals surface area (Å²) in [4.78, 5) is 12.8. The van der Waals surface area contributed by atoms with Gasteiger partial charge in [0.1, 0.15) is 0 Å². The second-order valence-electron chi connectivity index (χ2n) is 3.50. The van der Waals surface area contributed by atoms with Crippen molar-refractivity contribution in [2.75, 3.05) is 26.2 Å². The van der Waals surface area contributed by atoms with Crippen LogP contribution in [-0.4, -0.2) is 48.2 Å². The van der Waals surface area contributed by atoms with Crippen LogP contribution in [-0.2, 0) is 4.79 Å². The molecule has 0 aromatic carbocycles. The molecule has 1 aliphatic rings. The highest BCUT2D eigenvalue weighted by Crippen LogP contribution is 2.15. The zero-order valence-electron chi connectivity index (χ0n) is 8.12. The number of rotatable bonds is 4. The molecule has 0 aliphatic carbocycles. The summed E-state index contributed by atoms with van der Waals surface area (Å²) in [7, 11) is 0. The van der Waals surface area contributed by atoms with Crippen LogP contribution in [0.3, 0.4) is 0 Å². The van der Waals surface area contributed by atoms with Gasteiger partial charge in [-0.15, -0.1) is 0 Å². The Bertz CT molecular complexity index is 173. The van der Waals surface area contributed by atoms with Crippen LogP contribution in [0.1, 0.15) is 19.8 Å². The molecule has 0 bridgehead atoms. The Kier molecular flexibility index (Phi) is 4.18. The number of likely N-dealkylation sites (tertiary alicyclic amines) is 1. The minimum Gasteiger partial charge on any atom is -0.395 e. The van der Waals surface area contributed by atoms with Crippen molar-refractivity contribution < 1.29 is 9.90 Å². The van der Waals surface area contributed by atoms with Gasteiger partial charge in [0, 0.05) is 26.1 Å². The average Bonchev–Trinajstić information content (AvgIpc) is 2.51. The fourth-order valence-electron chi connectivity index (χ4n) is 1.77. The van der Waals surface area contributed by atoms with E-state index < -0.39 is 0 Å².